The number of hydrogen-bond donors (Lipinski definition) is 1. The van der Waals surface area contributed by atoms with Gasteiger partial charge in [-0.15, -0.1) is 0 Å². The summed E-state index contributed by atoms with van der Waals surface area (Å²) in [6, 6.07) is 0. The fraction of sp³-hybridized carbons (Fsp3) is 0.857. The van der Waals surface area contributed by atoms with Gasteiger partial charge >= 0.3 is 118 Å². The molecule has 0 saturated carbocycles. The fourth-order valence-corrected chi connectivity index (χ4v) is 9.98. The van der Waals surface area contributed by atoms with Gasteiger partial charge in [0.1, 0.15) is 0 Å². The van der Waals surface area contributed by atoms with Crippen LogP contribution in [0.5, 0.6) is 0 Å². The van der Waals surface area contributed by atoms with Crippen LogP contribution in [0.3, 0.4) is 0 Å². The molecule has 0 atom stereocenters. The van der Waals surface area contributed by atoms with E-state index >= 15 is 0 Å². The van der Waals surface area contributed by atoms with Crippen LogP contribution in [0.4, 0.5) is 0 Å². The predicted molar refractivity (Wildman–Crippen MR) is 85.7 cm³/mol. The van der Waals surface area contributed by atoms with E-state index in [1.807, 2.05) is 0 Å². The molecule has 0 aliphatic rings. The van der Waals surface area contributed by atoms with Crippen LogP contribution in [0, 0.1) is 0 Å². The van der Waals surface area contributed by atoms with Crippen LogP contribution < -0.4 is 4.98 Å². The minimum absolute atomic E-state index is 1.06. The van der Waals surface area contributed by atoms with Gasteiger partial charge in [0.05, 0.1) is 0 Å². The fourth-order valence-electron chi connectivity index (χ4n) is 1.69. The molecule has 1 N–H and O–H groups in total. The average Bonchev–Trinajstić information content (AvgIpc) is 2.25. The Bertz CT molecular complexity index is 191. The van der Waals surface area contributed by atoms with Crippen LogP contribution >= 0.6 is 0 Å². The molecule has 17 heavy (non-hydrogen) atoms. The molecule has 0 aliphatic carbocycles. The van der Waals surface area contributed by atoms with Gasteiger partial charge in [-0.25, -0.2) is 0 Å². The molecule has 0 amide bonds. The molecular formula is C14H32NSiSn+. The second-order valence-electron chi connectivity index (χ2n) is 5.90. The van der Waals surface area contributed by atoms with E-state index in [1.165, 1.54) is 25.7 Å². The number of unbranched alkanes of at least 4 members (excludes halogenated alkanes) is 2. The molecule has 100 valence electrons. The summed E-state index contributed by atoms with van der Waals surface area (Å²) in [7, 11) is -1.06. The molecule has 0 aliphatic heterocycles. The molecule has 0 unspecified atom stereocenters. The van der Waals surface area contributed by atoms with Gasteiger partial charge < -0.3 is 0 Å². The summed E-state index contributed by atoms with van der Waals surface area (Å²) in [5.41, 5.74) is 0. The Kier molecular flexibility index (Phi) is 11.1. The second-order valence-corrected chi connectivity index (χ2v) is 18.3. The van der Waals surface area contributed by atoms with E-state index in [1.54, 1.807) is 8.87 Å². The van der Waals surface area contributed by atoms with Gasteiger partial charge in [-0.1, -0.05) is 0 Å². The average molecular weight is 361 g/mol. The van der Waals surface area contributed by atoms with Crippen molar-refractivity contribution in [2.75, 3.05) is 6.54 Å². The van der Waals surface area contributed by atoms with E-state index < -0.39 is 28.0 Å². The molecule has 0 fully saturated rings. The van der Waals surface area contributed by atoms with Crippen molar-refractivity contribution in [3.63, 3.8) is 0 Å². The van der Waals surface area contributed by atoms with E-state index in [0.717, 1.165) is 6.54 Å². The van der Waals surface area contributed by atoms with Crippen LogP contribution in [0.1, 0.15) is 39.5 Å². The van der Waals surface area contributed by atoms with Crippen molar-refractivity contribution in [3.05, 3.63) is 10.2 Å². The van der Waals surface area contributed by atoms with Gasteiger partial charge in [0, 0.05) is 0 Å². The molecule has 0 aromatic heterocycles. The Morgan fingerprint density at radius 3 is 1.94 bits per heavy atom. The van der Waals surface area contributed by atoms with Crippen LogP contribution in [0.2, 0.25) is 28.5 Å². The maximum absolute atomic E-state index is 3.67. The van der Waals surface area contributed by atoms with Crippen molar-refractivity contribution in [1.82, 2.24) is 4.98 Å². The third-order valence-electron chi connectivity index (χ3n) is 2.81. The van der Waals surface area contributed by atoms with Crippen molar-refractivity contribution >= 4 is 28.0 Å². The van der Waals surface area contributed by atoms with Crippen molar-refractivity contribution in [2.24, 2.45) is 0 Å². The standard InChI is InChI=1S/C6H14NSi.2C4H9.Sn/c1-5-6-7-8(2,3)4;2*1-3-4-2;/h1,5,7H,6H2,2-4H3;2*1,3-4H2,2H3;/q;;;+1. The summed E-state index contributed by atoms with van der Waals surface area (Å²) in [6.07, 6.45) is 8.11. The first-order valence-electron chi connectivity index (χ1n) is 7.26. The molecule has 0 radical (unpaired) electrons. The van der Waals surface area contributed by atoms with Gasteiger partial charge in [0.25, 0.3) is 0 Å². The Hall–Kier alpha value is 0.716. The molecule has 0 bridgehead atoms. The third kappa shape index (κ3) is 13.0. The third-order valence-corrected chi connectivity index (χ3v) is 11.8. The zero-order chi connectivity index (χ0) is 13.1. The van der Waals surface area contributed by atoms with Crippen LogP contribution in [0.25, 0.3) is 0 Å². The van der Waals surface area contributed by atoms with Gasteiger partial charge in [0.2, 0.25) is 0 Å². The first-order chi connectivity index (χ1) is 7.99. The number of nitrogens with one attached hydrogen (secondary N) is 1. The second kappa shape index (κ2) is 10.6. The maximum atomic E-state index is 3.67. The summed E-state index contributed by atoms with van der Waals surface area (Å²) in [4.78, 5) is 3.67. The summed E-state index contributed by atoms with van der Waals surface area (Å²) in [5.74, 6) is 0. The molecule has 0 rings (SSSR count). The Morgan fingerprint density at radius 1 is 1.00 bits per heavy atom. The van der Waals surface area contributed by atoms with Gasteiger partial charge in [-0.3, -0.25) is 0 Å². The predicted octanol–water partition coefficient (Wildman–Crippen LogP) is 4.60. The van der Waals surface area contributed by atoms with E-state index in [4.69, 9.17) is 0 Å². The quantitative estimate of drug-likeness (QED) is 0.561. The zero-order valence-corrected chi connectivity index (χ0v) is 16.5. The number of rotatable bonds is 10. The Morgan fingerprint density at radius 2 is 1.53 bits per heavy atom. The van der Waals surface area contributed by atoms with Gasteiger partial charge in [0.15, 0.2) is 0 Å². The van der Waals surface area contributed by atoms with Crippen LogP contribution in [-0.2, 0) is 0 Å². The molecular weight excluding hydrogens is 329 g/mol. The van der Waals surface area contributed by atoms with Crippen molar-refractivity contribution in [1.29, 1.82) is 0 Å². The molecule has 0 spiro atoms. The summed E-state index contributed by atoms with van der Waals surface area (Å²) < 4.78 is 5.80. The zero-order valence-electron chi connectivity index (χ0n) is 12.6. The topological polar surface area (TPSA) is 12.0 Å². The molecule has 0 heterocycles. The van der Waals surface area contributed by atoms with Crippen LogP contribution in [0.15, 0.2) is 10.2 Å². The van der Waals surface area contributed by atoms with Crippen LogP contribution in [-0.4, -0.2) is 34.5 Å². The van der Waals surface area contributed by atoms with Gasteiger partial charge in [-0.2, -0.15) is 0 Å². The molecule has 1 nitrogen and oxygen atoms in total. The molecule has 0 saturated heterocycles. The van der Waals surface area contributed by atoms with E-state index in [-0.39, 0.29) is 0 Å². The van der Waals surface area contributed by atoms with Crippen molar-refractivity contribution < 1.29 is 0 Å². The minimum atomic E-state index is -1.13. The first kappa shape index (κ1) is 17.7. The summed E-state index contributed by atoms with van der Waals surface area (Å²) in [6.45, 7) is 12.9. The summed E-state index contributed by atoms with van der Waals surface area (Å²) in [5, 5.41) is 0. The first-order valence-corrected chi connectivity index (χ1v) is 16.4. The Balaban J connectivity index is 3.90. The monoisotopic (exact) mass is 362 g/mol. The van der Waals surface area contributed by atoms with Crippen molar-refractivity contribution in [3.8, 4) is 0 Å². The van der Waals surface area contributed by atoms with E-state index in [2.05, 4.69) is 48.6 Å². The molecule has 0 aromatic rings. The van der Waals surface area contributed by atoms with E-state index in [0.29, 0.717) is 0 Å². The normalized spacial score (nSPS) is 12.3. The Labute approximate surface area is 117 Å². The van der Waals surface area contributed by atoms with Crippen molar-refractivity contribution in [2.45, 2.75) is 68.0 Å². The SMILES string of the molecule is CCC[CH2][Sn+](/[CH]=C\CN[Si](C)(C)C)[CH2]CCC. The number of hydrogen-bond acceptors (Lipinski definition) is 1. The molecule has 3 heteroatoms. The summed E-state index contributed by atoms with van der Waals surface area (Å²) >= 11 is -1.13. The molecule has 0 aromatic carbocycles. The van der Waals surface area contributed by atoms with Gasteiger partial charge in [-0.05, 0) is 0 Å². The van der Waals surface area contributed by atoms with E-state index in [9.17, 15) is 0 Å².